The second-order valence-corrected chi connectivity index (χ2v) is 9.75. The van der Waals surface area contributed by atoms with Crippen molar-refractivity contribution in [2.45, 2.75) is 32.6 Å². The van der Waals surface area contributed by atoms with Gasteiger partial charge in [-0.25, -0.2) is 13.2 Å². The monoisotopic (exact) mass is 492 g/mol. The summed E-state index contributed by atoms with van der Waals surface area (Å²) < 4.78 is 42.7. The molecule has 0 heterocycles. The molecule has 0 aliphatic rings. The first kappa shape index (κ1) is 27.1. The average Bonchev–Trinajstić information content (AvgIpc) is 2.81. The fourth-order valence-electron chi connectivity index (χ4n) is 3.03. The first-order valence-electron chi connectivity index (χ1n) is 11.0. The lowest BCUT2D eigenvalue weighted by atomic mass is 10.2. The van der Waals surface area contributed by atoms with E-state index in [4.69, 9.17) is 14.2 Å². The van der Waals surface area contributed by atoms with Crippen LogP contribution in [0.4, 0.5) is 5.69 Å². The van der Waals surface area contributed by atoms with Gasteiger partial charge in [-0.1, -0.05) is 33.8 Å². The van der Waals surface area contributed by atoms with Crippen molar-refractivity contribution in [2.24, 2.45) is 5.92 Å². The number of esters is 1. The lowest BCUT2D eigenvalue weighted by Gasteiger charge is -2.18. The summed E-state index contributed by atoms with van der Waals surface area (Å²) in [6, 6.07) is 10.5. The van der Waals surface area contributed by atoms with Gasteiger partial charge in [0.1, 0.15) is 0 Å². The largest absolute Gasteiger partial charge is 0.493 e. The van der Waals surface area contributed by atoms with Crippen LogP contribution in [0.5, 0.6) is 11.5 Å². The Morgan fingerprint density at radius 2 is 1.74 bits per heavy atom. The minimum Gasteiger partial charge on any atom is -0.493 e. The summed E-state index contributed by atoms with van der Waals surface area (Å²) in [4.78, 5) is 24.7. The number of sulfonamides is 1. The molecule has 0 saturated heterocycles. The first-order chi connectivity index (χ1) is 16.1. The molecule has 9 nitrogen and oxygen atoms in total. The zero-order valence-corrected chi connectivity index (χ0v) is 21.0. The third-order valence-electron chi connectivity index (χ3n) is 4.77. The molecule has 0 spiro atoms. The SMILES string of the molecule is CCN(CC)S(=O)(=O)c1cccc(NC(=O)COC(=O)c2ccc(OCC(C)C)c(OC)c2)c1. The van der Waals surface area contributed by atoms with Crippen molar-refractivity contribution in [3.8, 4) is 11.5 Å². The van der Waals surface area contributed by atoms with Gasteiger partial charge in [-0.2, -0.15) is 4.31 Å². The first-order valence-corrected chi connectivity index (χ1v) is 12.4. The van der Waals surface area contributed by atoms with E-state index in [1.165, 1.54) is 41.7 Å². The van der Waals surface area contributed by atoms with E-state index in [9.17, 15) is 18.0 Å². The summed E-state index contributed by atoms with van der Waals surface area (Å²) in [6.07, 6.45) is 0. The zero-order chi connectivity index (χ0) is 25.3. The Hall–Kier alpha value is -3.11. The van der Waals surface area contributed by atoms with Gasteiger partial charge in [0.15, 0.2) is 18.1 Å². The van der Waals surface area contributed by atoms with Gasteiger partial charge in [0.25, 0.3) is 5.91 Å². The maximum Gasteiger partial charge on any atom is 0.338 e. The second kappa shape index (κ2) is 12.4. The maximum absolute atomic E-state index is 12.7. The highest BCUT2D eigenvalue weighted by Crippen LogP contribution is 2.29. The third kappa shape index (κ3) is 7.19. The van der Waals surface area contributed by atoms with Crippen molar-refractivity contribution >= 4 is 27.6 Å². The standard InChI is InChI=1S/C24H32N2O7S/c1-6-26(7-2)34(29,30)20-10-8-9-19(14-20)25-23(27)16-33-24(28)18-11-12-21(22(13-18)31-5)32-15-17(3)4/h8-14,17H,6-7,15-16H2,1-5H3,(H,25,27). The van der Waals surface area contributed by atoms with E-state index in [0.29, 0.717) is 37.1 Å². The lowest BCUT2D eigenvalue weighted by molar-refractivity contribution is -0.119. The molecule has 0 atom stereocenters. The van der Waals surface area contributed by atoms with E-state index >= 15 is 0 Å². The maximum atomic E-state index is 12.7. The summed E-state index contributed by atoms with van der Waals surface area (Å²) >= 11 is 0. The van der Waals surface area contributed by atoms with Crippen LogP contribution >= 0.6 is 0 Å². The van der Waals surface area contributed by atoms with Crippen LogP contribution in [0.15, 0.2) is 47.4 Å². The van der Waals surface area contributed by atoms with E-state index in [2.05, 4.69) is 5.32 Å². The third-order valence-corrected chi connectivity index (χ3v) is 6.81. The fourth-order valence-corrected chi connectivity index (χ4v) is 4.53. The topological polar surface area (TPSA) is 111 Å². The van der Waals surface area contributed by atoms with Crippen LogP contribution in [-0.4, -0.2) is 58.0 Å². The molecule has 0 saturated carbocycles. The van der Waals surface area contributed by atoms with Crippen LogP contribution in [0, 0.1) is 5.92 Å². The van der Waals surface area contributed by atoms with E-state index in [1.54, 1.807) is 26.0 Å². The Bertz CT molecular complexity index is 1100. The van der Waals surface area contributed by atoms with Crippen LogP contribution in [0.25, 0.3) is 0 Å². The van der Waals surface area contributed by atoms with E-state index in [1.807, 2.05) is 13.8 Å². The second-order valence-electron chi connectivity index (χ2n) is 7.81. The molecule has 1 N–H and O–H groups in total. The molecule has 0 aliphatic heterocycles. The van der Waals surface area contributed by atoms with Gasteiger partial charge in [-0.15, -0.1) is 0 Å². The van der Waals surface area contributed by atoms with Gasteiger partial charge in [0, 0.05) is 18.8 Å². The number of nitrogens with one attached hydrogen (secondary N) is 1. The molecular formula is C24H32N2O7S. The van der Waals surface area contributed by atoms with E-state index in [-0.39, 0.29) is 16.1 Å². The number of benzene rings is 2. The van der Waals surface area contributed by atoms with Gasteiger partial charge in [0.05, 0.1) is 24.2 Å². The molecule has 0 aliphatic carbocycles. The van der Waals surface area contributed by atoms with Crippen LogP contribution < -0.4 is 14.8 Å². The van der Waals surface area contributed by atoms with Crippen molar-refractivity contribution < 1.29 is 32.2 Å². The van der Waals surface area contributed by atoms with E-state index < -0.39 is 28.5 Å². The summed E-state index contributed by atoms with van der Waals surface area (Å²) in [6.45, 7) is 8.16. The van der Waals surface area contributed by atoms with Crippen LogP contribution in [0.3, 0.4) is 0 Å². The highest BCUT2D eigenvalue weighted by Gasteiger charge is 2.22. The smallest absolute Gasteiger partial charge is 0.338 e. The molecule has 2 aromatic carbocycles. The number of hydrogen-bond acceptors (Lipinski definition) is 7. The van der Waals surface area contributed by atoms with Crippen LogP contribution in [-0.2, 0) is 19.6 Å². The molecule has 1 amide bonds. The number of hydrogen-bond donors (Lipinski definition) is 1. The molecule has 186 valence electrons. The number of rotatable bonds is 12. The molecule has 0 unspecified atom stereocenters. The Labute approximate surface area is 201 Å². The minimum atomic E-state index is -3.67. The number of methoxy groups -OCH3 is 1. The number of carbonyl (C=O) groups is 2. The van der Waals surface area contributed by atoms with Crippen LogP contribution in [0.1, 0.15) is 38.1 Å². The number of anilines is 1. The lowest BCUT2D eigenvalue weighted by Crippen LogP contribution is -2.30. The number of carbonyl (C=O) groups excluding carboxylic acids is 2. The van der Waals surface area contributed by atoms with E-state index in [0.717, 1.165) is 0 Å². The Morgan fingerprint density at radius 3 is 2.35 bits per heavy atom. The number of amides is 1. The summed E-state index contributed by atoms with van der Waals surface area (Å²) in [5.74, 6) is -0.0991. The number of nitrogens with zero attached hydrogens (tertiary/aromatic N) is 1. The molecule has 0 bridgehead atoms. The summed E-state index contributed by atoms with van der Waals surface area (Å²) in [7, 11) is -2.20. The molecule has 10 heteroatoms. The molecular weight excluding hydrogens is 460 g/mol. The summed E-state index contributed by atoms with van der Waals surface area (Å²) in [5, 5.41) is 2.55. The molecule has 2 rings (SSSR count). The van der Waals surface area contributed by atoms with Gasteiger partial charge >= 0.3 is 5.97 Å². The summed E-state index contributed by atoms with van der Waals surface area (Å²) in [5.41, 5.74) is 0.483. The van der Waals surface area contributed by atoms with Gasteiger partial charge < -0.3 is 19.5 Å². The molecule has 0 aromatic heterocycles. The average molecular weight is 493 g/mol. The molecule has 0 fully saturated rings. The highest BCUT2D eigenvalue weighted by molar-refractivity contribution is 7.89. The van der Waals surface area contributed by atoms with Gasteiger partial charge in [-0.05, 0) is 42.3 Å². The Morgan fingerprint density at radius 1 is 1.03 bits per heavy atom. The van der Waals surface area contributed by atoms with Gasteiger partial charge in [0.2, 0.25) is 10.0 Å². The van der Waals surface area contributed by atoms with Crippen molar-refractivity contribution in [3.05, 3.63) is 48.0 Å². The molecule has 0 radical (unpaired) electrons. The van der Waals surface area contributed by atoms with Crippen molar-refractivity contribution in [2.75, 3.05) is 38.7 Å². The fraction of sp³-hybridized carbons (Fsp3) is 0.417. The van der Waals surface area contributed by atoms with Gasteiger partial charge in [-0.3, -0.25) is 4.79 Å². The zero-order valence-electron chi connectivity index (χ0n) is 20.2. The minimum absolute atomic E-state index is 0.0675. The predicted molar refractivity (Wildman–Crippen MR) is 129 cm³/mol. The quantitative estimate of drug-likeness (QED) is 0.451. The normalized spacial score (nSPS) is 11.4. The van der Waals surface area contributed by atoms with Crippen molar-refractivity contribution in [1.29, 1.82) is 0 Å². The molecule has 34 heavy (non-hydrogen) atoms. The molecule has 2 aromatic rings. The Balaban J connectivity index is 2.01. The highest BCUT2D eigenvalue weighted by atomic mass is 32.2. The number of ether oxygens (including phenoxy) is 3. The van der Waals surface area contributed by atoms with Crippen molar-refractivity contribution in [3.63, 3.8) is 0 Å². The Kier molecular flexibility index (Phi) is 9.88. The van der Waals surface area contributed by atoms with Crippen molar-refractivity contribution in [1.82, 2.24) is 4.31 Å². The van der Waals surface area contributed by atoms with Crippen LogP contribution in [0.2, 0.25) is 0 Å². The predicted octanol–water partition coefficient (Wildman–Crippen LogP) is 3.56.